The first kappa shape index (κ1) is 27.7. The van der Waals surface area contributed by atoms with Crippen molar-refractivity contribution in [1.29, 1.82) is 0 Å². The van der Waals surface area contributed by atoms with E-state index in [-0.39, 0.29) is 18.7 Å². The molecule has 0 spiro atoms. The molecule has 0 unspecified atom stereocenters. The first-order valence-electron chi connectivity index (χ1n) is 12.7. The van der Waals surface area contributed by atoms with Crippen molar-refractivity contribution >= 4 is 23.4 Å². The van der Waals surface area contributed by atoms with Crippen LogP contribution in [0.15, 0.2) is 54.7 Å². The zero-order valence-electron chi connectivity index (χ0n) is 21.9. The first-order chi connectivity index (χ1) is 18.3. The Morgan fingerprint density at radius 2 is 2.05 bits per heavy atom. The number of carbonyl (C=O) groups excluding carboxylic acids is 1. The number of ether oxygens (including phenoxy) is 3. The lowest BCUT2D eigenvalue weighted by Gasteiger charge is -2.18. The van der Waals surface area contributed by atoms with Gasteiger partial charge in [0.1, 0.15) is 23.8 Å². The van der Waals surface area contributed by atoms with E-state index >= 15 is 0 Å². The van der Waals surface area contributed by atoms with Gasteiger partial charge in [-0.25, -0.2) is 14.2 Å². The van der Waals surface area contributed by atoms with Crippen molar-refractivity contribution < 1.29 is 23.4 Å². The lowest BCUT2D eigenvalue weighted by atomic mass is 10.1. The summed E-state index contributed by atoms with van der Waals surface area (Å²) >= 11 is 6.11. The van der Waals surface area contributed by atoms with Crippen LogP contribution in [-0.2, 0) is 17.9 Å². The molecule has 1 fully saturated rings. The molecular formula is C29H33ClFN3O4. The standard InChI is InChI=1S/C29H33ClFN3O4/c1-19(2)38-29(35)22-6-5-12-32-28(22)33-15-21-11-13-34(17-21)16-20-9-10-26(27(14-20)36-3)37-18-23-24(30)7-4-8-25(23)31/h4-10,12,14,19,21H,11,13,15-18H2,1-3H3,(H,32,33)/t21-/m0/s1. The van der Waals surface area contributed by atoms with Crippen LogP contribution in [0.3, 0.4) is 0 Å². The van der Waals surface area contributed by atoms with Gasteiger partial charge in [0.2, 0.25) is 0 Å². The quantitative estimate of drug-likeness (QED) is 0.300. The van der Waals surface area contributed by atoms with E-state index in [0.717, 1.165) is 31.6 Å². The van der Waals surface area contributed by atoms with E-state index in [2.05, 4.69) is 15.2 Å². The fourth-order valence-corrected chi connectivity index (χ4v) is 4.68. The molecule has 2 aromatic carbocycles. The minimum atomic E-state index is -0.402. The normalized spacial score (nSPS) is 15.5. The molecule has 0 aliphatic carbocycles. The van der Waals surface area contributed by atoms with Crippen molar-refractivity contribution in [3.05, 3.63) is 82.3 Å². The highest BCUT2D eigenvalue weighted by Gasteiger charge is 2.24. The zero-order chi connectivity index (χ0) is 27.1. The molecule has 0 bridgehead atoms. The van der Waals surface area contributed by atoms with Gasteiger partial charge in [-0.2, -0.15) is 0 Å². The highest BCUT2D eigenvalue weighted by molar-refractivity contribution is 6.31. The van der Waals surface area contributed by atoms with Gasteiger partial charge >= 0.3 is 5.97 Å². The molecule has 202 valence electrons. The van der Waals surface area contributed by atoms with Crippen LogP contribution in [0.1, 0.15) is 41.8 Å². The molecule has 1 aromatic heterocycles. The van der Waals surface area contributed by atoms with E-state index in [1.165, 1.54) is 6.07 Å². The average molecular weight is 542 g/mol. The molecule has 1 aliphatic heterocycles. The highest BCUT2D eigenvalue weighted by atomic mass is 35.5. The van der Waals surface area contributed by atoms with Gasteiger partial charge in [-0.1, -0.05) is 23.7 Å². The molecule has 1 saturated heterocycles. The van der Waals surface area contributed by atoms with Gasteiger partial charge in [-0.05, 0) is 74.7 Å². The van der Waals surface area contributed by atoms with Crippen molar-refractivity contribution in [2.75, 3.05) is 32.1 Å². The molecule has 7 nitrogen and oxygen atoms in total. The third kappa shape index (κ3) is 7.14. The molecule has 2 heterocycles. The van der Waals surface area contributed by atoms with E-state index in [1.54, 1.807) is 37.6 Å². The number of hydrogen-bond acceptors (Lipinski definition) is 7. The Morgan fingerprint density at radius 3 is 2.82 bits per heavy atom. The molecule has 0 radical (unpaired) electrons. The molecular weight excluding hydrogens is 509 g/mol. The molecule has 4 rings (SSSR count). The number of likely N-dealkylation sites (tertiary alicyclic amines) is 1. The van der Waals surface area contributed by atoms with E-state index in [4.69, 9.17) is 25.8 Å². The van der Waals surface area contributed by atoms with Crippen LogP contribution >= 0.6 is 11.6 Å². The topological polar surface area (TPSA) is 72.9 Å². The number of nitrogens with one attached hydrogen (secondary N) is 1. The van der Waals surface area contributed by atoms with Crippen molar-refractivity contribution in [3.63, 3.8) is 0 Å². The summed E-state index contributed by atoms with van der Waals surface area (Å²) in [6.07, 6.45) is 2.51. The summed E-state index contributed by atoms with van der Waals surface area (Å²) in [4.78, 5) is 19.1. The van der Waals surface area contributed by atoms with E-state index in [0.29, 0.717) is 45.9 Å². The van der Waals surface area contributed by atoms with Crippen molar-refractivity contribution in [1.82, 2.24) is 9.88 Å². The molecule has 3 aromatic rings. The maximum absolute atomic E-state index is 14.1. The van der Waals surface area contributed by atoms with Crippen LogP contribution in [0.5, 0.6) is 11.5 Å². The Kier molecular flexibility index (Phi) is 9.42. The number of methoxy groups -OCH3 is 1. The second-order valence-electron chi connectivity index (χ2n) is 9.60. The van der Waals surface area contributed by atoms with Gasteiger partial charge < -0.3 is 19.5 Å². The SMILES string of the molecule is COc1cc(CN2CC[C@@H](CNc3ncccc3C(=O)OC(C)C)C2)ccc1OCc1c(F)cccc1Cl. The maximum Gasteiger partial charge on any atom is 0.342 e. The molecule has 1 atom stereocenters. The van der Waals surface area contributed by atoms with Gasteiger partial charge in [0.05, 0.1) is 18.2 Å². The predicted octanol–water partition coefficient (Wildman–Crippen LogP) is 5.96. The molecule has 9 heteroatoms. The second kappa shape index (κ2) is 12.9. The van der Waals surface area contributed by atoms with E-state index in [9.17, 15) is 9.18 Å². The number of anilines is 1. The Morgan fingerprint density at radius 1 is 1.21 bits per heavy atom. The number of esters is 1. The summed E-state index contributed by atoms with van der Waals surface area (Å²) < 4.78 is 30.8. The minimum Gasteiger partial charge on any atom is -0.493 e. The van der Waals surface area contributed by atoms with Gasteiger partial charge in [-0.15, -0.1) is 0 Å². The number of hydrogen-bond donors (Lipinski definition) is 1. The number of benzene rings is 2. The smallest absolute Gasteiger partial charge is 0.342 e. The van der Waals surface area contributed by atoms with Gasteiger partial charge in [0.15, 0.2) is 11.5 Å². The largest absolute Gasteiger partial charge is 0.493 e. The molecule has 0 saturated carbocycles. The van der Waals surface area contributed by atoms with Crippen LogP contribution in [0.4, 0.5) is 10.2 Å². The maximum atomic E-state index is 14.1. The highest BCUT2D eigenvalue weighted by Crippen LogP contribution is 2.31. The van der Waals surface area contributed by atoms with Crippen molar-refractivity contribution in [2.24, 2.45) is 5.92 Å². The third-order valence-corrected chi connectivity index (χ3v) is 6.72. The first-order valence-corrected chi connectivity index (χ1v) is 13.1. The lowest BCUT2D eigenvalue weighted by Crippen LogP contribution is -2.23. The Labute approximate surface area is 227 Å². The summed E-state index contributed by atoms with van der Waals surface area (Å²) in [5.41, 5.74) is 1.85. The summed E-state index contributed by atoms with van der Waals surface area (Å²) in [6, 6.07) is 13.8. The zero-order valence-corrected chi connectivity index (χ0v) is 22.6. The number of halogens is 2. The number of pyridine rings is 1. The summed E-state index contributed by atoms with van der Waals surface area (Å²) in [5.74, 6) is 1.31. The number of aromatic nitrogens is 1. The van der Waals surface area contributed by atoms with E-state index in [1.807, 2.05) is 32.0 Å². The van der Waals surface area contributed by atoms with Gasteiger partial charge in [0, 0.05) is 31.4 Å². The van der Waals surface area contributed by atoms with Crippen LogP contribution in [0, 0.1) is 11.7 Å². The van der Waals surface area contributed by atoms with Crippen molar-refractivity contribution in [3.8, 4) is 11.5 Å². The predicted molar refractivity (Wildman–Crippen MR) is 145 cm³/mol. The summed E-state index contributed by atoms with van der Waals surface area (Å²) in [6.45, 7) is 7.02. The van der Waals surface area contributed by atoms with Crippen LogP contribution < -0.4 is 14.8 Å². The van der Waals surface area contributed by atoms with E-state index < -0.39 is 5.82 Å². The number of nitrogens with zero attached hydrogens (tertiary/aromatic N) is 2. The number of rotatable bonds is 11. The van der Waals surface area contributed by atoms with Crippen LogP contribution in [0.25, 0.3) is 0 Å². The Balaban J connectivity index is 1.31. The molecule has 1 N–H and O–H groups in total. The Bertz CT molecular complexity index is 1240. The fraction of sp³-hybridized carbons (Fsp3) is 0.379. The molecule has 38 heavy (non-hydrogen) atoms. The monoisotopic (exact) mass is 541 g/mol. The minimum absolute atomic E-state index is 0.00912. The average Bonchev–Trinajstić information content (AvgIpc) is 3.34. The van der Waals surface area contributed by atoms with Crippen LogP contribution in [0.2, 0.25) is 5.02 Å². The number of carbonyl (C=O) groups is 1. The van der Waals surface area contributed by atoms with Crippen LogP contribution in [-0.4, -0.2) is 48.7 Å². The van der Waals surface area contributed by atoms with Gasteiger partial charge in [-0.3, -0.25) is 4.90 Å². The summed E-state index contributed by atoms with van der Waals surface area (Å²) in [5, 5.41) is 3.67. The summed E-state index contributed by atoms with van der Waals surface area (Å²) in [7, 11) is 1.59. The third-order valence-electron chi connectivity index (χ3n) is 6.37. The van der Waals surface area contributed by atoms with Crippen molar-refractivity contribution in [2.45, 2.75) is 39.5 Å². The molecule has 0 amide bonds. The Hall–Kier alpha value is -3.36. The van der Waals surface area contributed by atoms with Gasteiger partial charge in [0.25, 0.3) is 0 Å². The second-order valence-corrected chi connectivity index (χ2v) is 10.0. The molecule has 1 aliphatic rings. The lowest BCUT2D eigenvalue weighted by molar-refractivity contribution is 0.0378. The fourth-order valence-electron chi connectivity index (χ4n) is 4.46.